The number of fused-ring (bicyclic) bond motifs is 4. The molecule has 0 aliphatic heterocycles. The number of methoxy groups -OCH3 is 1. The van der Waals surface area contributed by atoms with Crippen LogP contribution in [0.3, 0.4) is 0 Å². The monoisotopic (exact) mass is 348 g/mol. The highest BCUT2D eigenvalue weighted by atomic mass is 16.5. The summed E-state index contributed by atoms with van der Waals surface area (Å²) in [5.74, 6) is 0.921. The summed E-state index contributed by atoms with van der Waals surface area (Å²) in [4.78, 5) is 0. The van der Waals surface area contributed by atoms with Crippen LogP contribution in [-0.4, -0.2) is 7.11 Å². The Morgan fingerprint density at radius 3 is 1.89 bits per heavy atom. The molecule has 0 heterocycles. The maximum absolute atomic E-state index is 5.78. The molecule has 1 heteroatoms. The molecule has 0 spiro atoms. The Morgan fingerprint density at radius 1 is 0.593 bits per heavy atom. The second-order valence-electron chi connectivity index (χ2n) is 6.96. The van der Waals surface area contributed by atoms with Crippen LogP contribution in [0.5, 0.6) is 5.75 Å². The Balaban J connectivity index is 2.12. The molecule has 0 aliphatic rings. The zero-order chi connectivity index (χ0) is 18.4. The molecule has 0 aromatic heterocycles. The summed E-state index contributed by atoms with van der Waals surface area (Å²) in [5.41, 5.74) is 3.83. The molecule has 0 unspecified atom stereocenters. The molecule has 0 amide bonds. The lowest BCUT2D eigenvalue weighted by Gasteiger charge is -2.18. The first-order valence-corrected chi connectivity index (χ1v) is 9.26. The van der Waals surface area contributed by atoms with E-state index in [4.69, 9.17) is 4.74 Å². The van der Waals surface area contributed by atoms with E-state index in [1.54, 1.807) is 7.11 Å². The Labute approximate surface area is 158 Å². The summed E-state index contributed by atoms with van der Waals surface area (Å²) in [6.07, 6.45) is 0. The summed E-state index contributed by atoms with van der Waals surface area (Å²) in [5, 5.41) is 7.54. The molecule has 1 nitrogen and oxygen atoms in total. The number of aryl methyl sites for hydroxylation is 1. The largest absolute Gasteiger partial charge is 0.496 e. The highest BCUT2D eigenvalue weighted by Crippen LogP contribution is 2.44. The van der Waals surface area contributed by atoms with E-state index in [0.29, 0.717) is 0 Å². The summed E-state index contributed by atoms with van der Waals surface area (Å²) in [6, 6.07) is 30.1. The molecule has 0 aliphatic carbocycles. The maximum atomic E-state index is 5.78. The molecule has 27 heavy (non-hydrogen) atoms. The molecule has 5 aromatic carbocycles. The molecule has 0 N–H and O–H groups in total. The molecular weight excluding hydrogens is 328 g/mol. The van der Waals surface area contributed by atoms with Gasteiger partial charge in [0.05, 0.1) is 7.11 Å². The lowest BCUT2D eigenvalue weighted by atomic mass is 9.86. The van der Waals surface area contributed by atoms with Gasteiger partial charge in [-0.25, -0.2) is 0 Å². The molecule has 0 atom stereocenters. The van der Waals surface area contributed by atoms with Crippen molar-refractivity contribution in [2.45, 2.75) is 6.92 Å². The first-order chi connectivity index (χ1) is 13.3. The number of benzene rings is 5. The van der Waals surface area contributed by atoms with Crippen molar-refractivity contribution in [1.82, 2.24) is 0 Å². The van der Waals surface area contributed by atoms with E-state index in [1.165, 1.54) is 43.6 Å². The summed E-state index contributed by atoms with van der Waals surface area (Å²) >= 11 is 0. The summed E-state index contributed by atoms with van der Waals surface area (Å²) in [7, 11) is 1.75. The van der Waals surface area contributed by atoms with E-state index < -0.39 is 0 Å². The van der Waals surface area contributed by atoms with Gasteiger partial charge >= 0.3 is 0 Å². The average molecular weight is 348 g/mol. The lowest BCUT2D eigenvalue weighted by molar-refractivity contribution is 0.420. The molecule has 0 bridgehead atoms. The van der Waals surface area contributed by atoms with Crippen molar-refractivity contribution >= 4 is 32.3 Å². The van der Waals surface area contributed by atoms with E-state index in [-0.39, 0.29) is 0 Å². The number of rotatable bonds is 2. The topological polar surface area (TPSA) is 9.23 Å². The van der Waals surface area contributed by atoms with Crippen LogP contribution in [0.25, 0.3) is 43.4 Å². The standard InChI is InChI=1S/C26H20O/c1-17-19-12-6-8-14-21(19)26(18-10-4-3-5-11-18)23-16-24(27-2)20-13-7-9-15-22(20)25(17)23/h3-16H,1-2H3. The first-order valence-electron chi connectivity index (χ1n) is 9.26. The Morgan fingerprint density at radius 2 is 1.19 bits per heavy atom. The fourth-order valence-corrected chi connectivity index (χ4v) is 4.34. The van der Waals surface area contributed by atoms with E-state index >= 15 is 0 Å². The van der Waals surface area contributed by atoms with Crippen molar-refractivity contribution in [3.05, 3.63) is 90.5 Å². The van der Waals surface area contributed by atoms with Crippen LogP contribution >= 0.6 is 0 Å². The number of hydrogen-bond acceptors (Lipinski definition) is 1. The minimum atomic E-state index is 0.921. The SMILES string of the molecule is COc1cc2c(-c3ccccc3)c3ccccc3c(C)c2c2ccccc12. The molecule has 0 fully saturated rings. The van der Waals surface area contributed by atoms with Crippen LogP contribution in [0.15, 0.2) is 84.9 Å². The highest BCUT2D eigenvalue weighted by molar-refractivity contribution is 6.23. The highest BCUT2D eigenvalue weighted by Gasteiger charge is 2.17. The van der Waals surface area contributed by atoms with Crippen LogP contribution in [-0.2, 0) is 0 Å². The third-order valence-electron chi connectivity index (χ3n) is 5.53. The van der Waals surface area contributed by atoms with Gasteiger partial charge < -0.3 is 4.74 Å². The van der Waals surface area contributed by atoms with Crippen LogP contribution in [0.1, 0.15) is 5.56 Å². The quantitative estimate of drug-likeness (QED) is 0.243. The molecule has 0 radical (unpaired) electrons. The van der Waals surface area contributed by atoms with Crippen LogP contribution < -0.4 is 4.74 Å². The van der Waals surface area contributed by atoms with Crippen molar-refractivity contribution in [2.75, 3.05) is 7.11 Å². The van der Waals surface area contributed by atoms with Crippen LogP contribution in [0, 0.1) is 6.92 Å². The van der Waals surface area contributed by atoms with Crippen molar-refractivity contribution in [1.29, 1.82) is 0 Å². The molecule has 130 valence electrons. The van der Waals surface area contributed by atoms with Gasteiger partial charge in [-0.05, 0) is 56.6 Å². The summed E-state index contributed by atoms with van der Waals surface area (Å²) in [6.45, 7) is 2.23. The van der Waals surface area contributed by atoms with Crippen molar-refractivity contribution in [3.63, 3.8) is 0 Å². The van der Waals surface area contributed by atoms with Gasteiger partial charge in [-0.1, -0.05) is 78.9 Å². The van der Waals surface area contributed by atoms with Crippen molar-refractivity contribution in [3.8, 4) is 16.9 Å². The van der Waals surface area contributed by atoms with Crippen molar-refractivity contribution in [2.24, 2.45) is 0 Å². The minimum absolute atomic E-state index is 0.921. The van der Waals surface area contributed by atoms with Crippen LogP contribution in [0.4, 0.5) is 0 Å². The fraction of sp³-hybridized carbons (Fsp3) is 0.0769. The smallest absolute Gasteiger partial charge is 0.127 e. The predicted octanol–water partition coefficient (Wildman–Crippen LogP) is 7.13. The second-order valence-corrected chi connectivity index (χ2v) is 6.96. The third kappa shape index (κ3) is 2.32. The van der Waals surface area contributed by atoms with E-state index in [2.05, 4.69) is 91.9 Å². The molecule has 5 aromatic rings. The van der Waals surface area contributed by atoms with Gasteiger partial charge in [0.25, 0.3) is 0 Å². The summed E-state index contributed by atoms with van der Waals surface area (Å²) < 4.78 is 5.78. The molecular formula is C26H20O. The molecule has 5 rings (SSSR count). The Bertz CT molecular complexity index is 1300. The maximum Gasteiger partial charge on any atom is 0.127 e. The van der Waals surface area contributed by atoms with E-state index in [9.17, 15) is 0 Å². The number of hydrogen-bond donors (Lipinski definition) is 0. The van der Waals surface area contributed by atoms with Gasteiger partial charge in [0, 0.05) is 5.39 Å². The zero-order valence-corrected chi connectivity index (χ0v) is 15.5. The zero-order valence-electron chi connectivity index (χ0n) is 15.5. The minimum Gasteiger partial charge on any atom is -0.496 e. The van der Waals surface area contributed by atoms with E-state index in [0.717, 1.165) is 11.1 Å². The Kier molecular flexibility index (Phi) is 3.61. The molecule has 0 saturated carbocycles. The van der Waals surface area contributed by atoms with Gasteiger partial charge in [-0.3, -0.25) is 0 Å². The number of ether oxygens (including phenoxy) is 1. The van der Waals surface area contributed by atoms with Gasteiger partial charge in [0.2, 0.25) is 0 Å². The third-order valence-corrected chi connectivity index (χ3v) is 5.53. The van der Waals surface area contributed by atoms with Gasteiger partial charge in [0.15, 0.2) is 0 Å². The normalized spacial score (nSPS) is 11.3. The van der Waals surface area contributed by atoms with Gasteiger partial charge in [-0.15, -0.1) is 0 Å². The van der Waals surface area contributed by atoms with Crippen molar-refractivity contribution < 1.29 is 4.74 Å². The second kappa shape index (κ2) is 6.14. The first kappa shape index (κ1) is 15.9. The molecule has 0 saturated heterocycles. The van der Waals surface area contributed by atoms with Crippen LogP contribution in [0.2, 0.25) is 0 Å². The van der Waals surface area contributed by atoms with Gasteiger partial charge in [0.1, 0.15) is 5.75 Å². The van der Waals surface area contributed by atoms with E-state index in [1.807, 2.05) is 0 Å². The Hall–Kier alpha value is -3.32. The lowest BCUT2D eigenvalue weighted by Crippen LogP contribution is -1.93. The predicted molar refractivity (Wildman–Crippen MR) is 116 cm³/mol. The average Bonchev–Trinajstić information content (AvgIpc) is 2.74. The van der Waals surface area contributed by atoms with Gasteiger partial charge in [-0.2, -0.15) is 0 Å². The fourth-order valence-electron chi connectivity index (χ4n) is 4.34.